The van der Waals surface area contributed by atoms with E-state index in [-0.39, 0.29) is 0 Å². The van der Waals surface area contributed by atoms with Gasteiger partial charge < -0.3 is 0 Å². The fourth-order valence-electron chi connectivity index (χ4n) is 7.08. The zero-order valence-electron chi connectivity index (χ0n) is 16.2. The van der Waals surface area contributed by atoms with Crippen LogP contribution in [-0.2, 0) is 0 Å². The fraction of sp³-hybridized carbons (Fsp3) is 1.00. The van der Waals surface area contributed by atoms with Crippen LogP contribution in [0.5, 0.6) is 0 Å². The molecule has 3 rings (SSSR count). The topological polar surface area (TPSA) is 0 Å². The highest BCUT2D eigenvalue weighted by molar-refractivity contribution is 5.26. The molecule has 3 aliphatic rings. The SMILES string of the molecule is CCCCCCCCC12CC3CC(CCCCCCCC)(C1)C32. The molecule has 0 saturated heterocycles. The van der Waals surface area contributed by atoms with E-state index in [0.717, 1.165) is 10.8 Å². The van der Waals surface area contributed by atoms with Crippen molar-refractivity contribution in [1.29, 1.82) is 0 Å². The van der Waals surface area contributed by atoms with Crippen molar-refractivity contribution < 1.29 is 0 Å². The molecule has 0 bridgehead atoms. The van der Waals surface area contributed by atoms with Gasteiger partial charge in [-0.3, -0.25) is 0 Å². The quantitative estimate of drug-likeness (QED) is 0.285. The molecule has 0 radical (unpaired) electrons. The third kappa shape index (κ3) is 3.52. The number of rotatable bonds is 14. The van der Waals surface area contributed by atoms with Gasteiger partial charge >= 0.3 is 0 Å². The Kier molecular flexibility index (Phi) is 6.13. The molecule has 23 heavy (non-hydrogen) atoms. The molecular weight excluding hydrogens is 276 g/mol. The normalized spacial score (nSPS) is 36.8. The summed E-state index contributed by atoms with van der Waals surface area (Å²) in [5, 5.41) is 0. The van der Waals surface area contributed by atoms with Crippen LogP contribution in [0.15, 0.2) is 0 Å². The molecular formula is C23H42. The first-order valence-corrected chi connectivity index (χ1v) is 11.3. The summed E-state index contributed by atoms with van der Waals surface area (Å²) in [6.45, 7) is 4.64. The van der Waals surface area contributed by atoms with Crippen molar-refractivity contribution in [2.45, 2.75) is 123 Å². The Balaban J connectivity index is 1.27. The van der Waals surface area contributed by atoms with Crippen molar-refractivity contribution in [3.63, 3.8) is 0 Å². The van der Waals surface area contributed by atoms with Crippen LogP contribution < -0.4 is 0 Å². The largest absolute Gasteiger partial charge is 0.0654 e. The van der Waals surface area contributed by atoms with Crippen LogP contribution in [0.2, 0.25) is 0 Å². The average Bonchev–Trinajstić information content (AvgIpc) is 2.53. The minimum absolute atomic E-state index is 0.885. The molecule has 2 atom stereocenters. The van der Waals surface area contributed by atoms with Gasteiger partial charge in [0.05, 0.1) is 0 Å². The van der Waals surface area contributed by atoms with Gasteiger partial charge in [0.15, 0.2) is 0 Å². The maximum absolute atomic E-state index is 2.32. The van der Waals surface area contributed by atoms with E-state index in [1.807, 2.05) is 0 Å². The van der Waals surface area contributed by atoms with Crippen molar-refractivity contribution in [1.82, 2.24) is 0 Å². The third-order valence-corrected chi connectivity index (χ3v) is 7.89. The van der Waals surface area contributed by atoms with Gasteiger partial charge in [-0.1, -0.05) is 90.9 Å². The van der Waals surface area contributed by atoms with E-state index in [1.165, 1.54) is 76.0 Å². The summed E-state index contributed by atoms with van der Waals surface area (Å²) in [6.07, 6.45) is 25.9. The number of hydrogen-bond acceptors (Lipinski definition) is 0. The van der Waals surface area contributed by atoms with Gasteiger partial charge in [0.1, 0.15) is 0 Å². The standard InChI is InChI=1S/C23H42/c1-3-5-7-9-11-13-15-22-17-20-18-23(19-22,21(20)22)16-14-12-10-8-6-4-2/h20-21H,3-19H2,1-2H3. The zero-order valence-corrected chi connectivity index (χ0v) is 16.2. The van der Waals surface area contributed by atoms with Crippen LogP contribution in [0.4, 0.5) is 0 Å². The Hall–Kier alpha value is 0. The van der Waals surface area contributed by atoms with Crippen LogP contribution in [0.3, 0.4) is 0 Å². The first-order valence-electron chi connectivity index (χ1n) is 11.3. The average molecular weight is 319 g/mol. The van der Waals surface area contributed by atoms with Gasteiger partial charge in [0.2, 0.25) is 0 Å². The van der Waals surface area contributed by atoms with E-state index in [1.54, 1.807) is 44.9 Å². The smallest absolute Gasteiger partial charge is 0.0253 e. The van der Waals surface area contributed by atoms with E-state index in [9.17, 15) is 0 Å². The summed E-state index contributed by atoms with van der Waals surface area (Å²) in [6, 6.07) is 0. The lowest BCUT2D eigenvalue weighted by Gasteiger charge is -2.83. The molecule has 0 aromatic carbocycles. The molecule has 2 unspecified atom stereocenters. The fourth-order valence-corrected chi connectivity index (χ4v) is 7.08. The lowest BCUT2D eigenvalue weighted by atomic mass is 9.21. The molecule has 0 spiro atoms. The van der Waals surface area contributed by atoms with Gasteiger partial charge in [-0.25, -0.2) is 0 Å². The molecule has 0 nitrogen and oxygen atoms in total. The third-order valence-electron chi connectivity index (χ3n) is 7.89. The van der Waals surface area contributed by atoms with E-state index in [0.29, 0.717) is 0 Å². The number of unbranched alkanes of at least 4 members (excludes halogenated alkanes) is 10. The Bertz CT molecular complexity index is 327. The van der Waals surface area contributed by atoms with E-state index in [4.69, 9.17) is 0 Å². The predicted octanol–water partition coefficient (Wildman–Crippen LogP) is 7.90. The molecule has 3 fully saturated rings. The van der Waals surface area contributed by atoms with Gasteiger partial charge in [-0.2, -0.15) is 0 Å². The summed E-state index contributed by atoms with van der Waals surface area (Å²) in [5.74, 6) is 2.39. The lowest BCUT2D eigenvalue weighted by Crippen LogP contribution is -2.75. The van der Waals surface area contributed by atoms with E-state index >= 15 is 0 Å². The Morgan fingerprint density at radius 3 is 1.43 bits per heavy atom. The van der Waals surface area contributed by atoms with E-state index in [2.05, 4.69) is 13.8 Å². The summed E-state index contributed by atoms with van der Waals surface area (Å²) in [5.41, 5.74) is 1.77. The Morgan fingerprint density at radius 1 is 0.609 bits per heavy atom. The first-order chi connectivity index (χ1) is 11.3. The zero-order chi connectivity index (χ0) is 16.2. The summed E-state index contributed by atoms with van der Waals surface area (Å²) in [4.78, 5) is 0. The second-order valence-electron chi connectivity index (χ2n) is 9.58. The highest BCUT2D eigenvalue weighted by atomic mass is 14.8. The van der Waals surface area contributed by atoms with Crippen molar-refractivity contribution in [3.05, 3.63) is 0 Å². The summed E-state index contributed by atoms with van der Waals surface area (Å²) in [7, 11) is 0. The van der Waals surface area contributed by atoms with Crippen molar-refractivity contribution in [3.8, 4) is 0 Å². The lowest BCUT2D eigenvalue weighted by molar-refractivity contribution is -0.341. The Labute approximate surface area is 146 Å². The molecule has 3 saturated carbocycles. The molecule has 0 aromatic rings. The first kappa shape index (κ1) is 17.8. The van der Waals surface area contributed by atoms with Gasteiger partial charge in [-0.05, 0) is 54.8 Å². The van der Waals surface area contributed by atoms with Crippen molar-refractivity contribution in [2.75, 3.05) is 0 Å². The molecule has 0 aromatic heterocycles. The summed E-state index contributed by atoms with van der Waals surface area (Å²) >= 11 is 0. The van der Waals surface area contributed by atoms with Crippen LogP contribution in [0, 0.1) is 22.7 Å². The second kappa shape index (κ2) is 7.92. The second-order valence-corrected chi connectivity index (χ2v) is 9.58. The van der Waals surface area contributed by atoms with Crippen LogP contribution in [0.1, 0.15) is 123 Å². The van der Waals surface area contributed by atoms with Gasteiger partial charge in [-0.15, -0.1) is 0 Å². The van der Waals surface area contributed by atoms with E-state index < -0.39 is 0 Å². The Morgan fingerprint density at radius 2 is 1.04 bits per heavy atom. The van der Waals surface area contributed by atoms with Crippen molar-refractivity contribution in [2.24, 2.45) is 22.7 Å². The predicted molar refractivity (Wildman–Crippen MR) is 102 cm³/mol. The highest BCUT2D eigenvalue weighted by Crippen LogP contribution is 2.85. The van der Waals surface area contributed by atoms with Crippen LogP contribution in [0.25, 0.3) is 0 Å². The van der Waals surface area contributed by atoms with Gasteiger partial charge in [0.25, 0.3) is 0 Å². The monoisotopic (exact) mass is 318 g/mol. The number of hydrogen-bond donors (Lipinski definition) is 0. The molecule has 0 aliphatic heterocycles. The molecule has 0 heteroatoms. The maximum Gasteiger partial charge on any atom is -0.0253 e. The minimum atomic E-state index is 0.885. The molecule has 134 valence electrons. The maximum atomic E-state index is 2.32. The molecule has 3 aliphatic carbocycles. The minimum Gasteiger partial charge on any atom is -0.0654 e. The molecule has 0 N–H and O–H groups in total. The summed E-state index contributed by atoms with van der Waals surface area (Å²) < 4.78 is 0. The van der Waals surface area contributed by atoms with Crippen LogP contribution in [-0.4, -0.2) is 0 Å². The molecule has 0 amide bonds. The highest BCUT2D eigenvalue weighted by Gasteiger charge is 2.77. The molecule has 0 heterocycles. The van der Waals surface area contributed by atoms with Crippen molar-refractivity contribution >= 4 is 0 Å². The van der Waals surface area contributed by atoms with Gasteiger partial charge in [0, 0.05) is 0 Å². The van der Waals surface area contributed by atoms with Crippen LogP contribution >= 0.6 is 0 Å².